The van der Waals surface area contributed by atoms with Crippen LogP contribution >= 0.6 is 11.6 Å². The molecule has 2 atom stereocenters. The minimum atomic E-state index is -1.37. The van der Waals surface area contributed by atoms with Crippen molar-refractivity contribution in [3.63, 3.8) is 0 Å². The molecule has 0 spiro atoms. The SMILES string of the molecule is C[C@@H](C(=O)c1ccccc1)[C@](O)(CCl)c1ccccc1. The van der Waals surface area contributed by atoms with Gasteiger partial charge in [0, 0.05) is 5.56 Å². The zero-order chi connectivity index (χ0) is 14.6. The van der Waals surface area contributed by atoms with Gasteiger partial charge in [0.15, 0.2) is 5.78 Å². The zero-order valence-electron chi connectivity index (χ0n) is 11.3. The Morgan fingerprint density at radius 1 is 1.10 bits per heavy atom. The lowest BCUT2D eigenvalue weighted by Crippen LogP contribution is -2.40. The molecule has 3 heteroatoms. The number of hydrogen-bond donors (Lipinski definition) is 1. The van der Waals surface area contributed by atoms with Crippen molar-refractivity contribution in [3.05, 3.63) is 71.8 Å². The first-order chi connectivity index (χ1) is 9.59. The highest BCUT2D eigenvalue weighted by Crippen LogP contribution is 2.33. The molecule has 0 fully saturated rings. The number of rotatable bonds is 5. The number of Topliss-reactive ketones (excluding diaryl/α,β-unsaturated/α-hetero) is 1. The third-order valence-electron chi connectivity index (χ3n) is 3.65. The molecule has 2 nitrogen and oxygen atoms in total. The van der Waals surface area contributed by atoms with Crippen LogP contribution < -0.4 is 0 Å². The summed E-state index contributed by atoms with van der Waals surface area (Å²) in [6, 6.07) is 18.1. The second kappa shape index (κ2) is 6.21. The summed E-state index contributed by atoms with van der Waals surface area (Å²) in [5.41, 5.74) is -0.123. The van der Waals surface area contributed by atoms with Crippen LogP contribution in [0.25, 0.3) is 0 Å². The molecule has 2 aromatic rings. The van der Waals surface area contributed by atoms with Crippen molar-refractivity contribution in [2.45, 2.75) is 12.5 Å². The summed E-state index contributed by atoms with van der Waals surface area (Å²) < 4.78 is 0. The molecule has 0 unspecified atom stereocenters. The smallest absolute Gasteiger partial charge is 0.168 e. The number of carbonyl (C=O) groups is 1. The molecule has 0 saturated carbocycles. The van der Waals surface area contributed by atoms with Crippen LogP contribution in [0.4, 0.5) is 0 Å². The maximum atomic E-state index is 12.5. The summed E-state index contributed by atoms with van der Waals surface area (Å²) in [6.45, 7) is 1.71. The Kier molecular flexibility index (Phi) is 4.58. The van der Waals surface area contributed by atoms with Gasteiger partial charge in [-0.25, -0.2) is 0 Å². The lowest BCUT2D eigenvalue weighted by molar-refractivity contribution is 0.00971. The summed E-state index contributed by atoms with van der Waals surface area (Å²) in [6.07, 6.45) is 0. The number of aliphatic hydroxyl groups is 1. The van der Waals surface area contributed by atoms with Crippen LogP contribution in [0.1, 0.15) is 22.8 Å². The molecule has 0 aliphatic rings. The molecule has 2 aromatic carbocycles. The molecule has 0 amide bonds. The molecule has 0 bridgehead atoms. The van der Waals surface area contributed by atoms with Crippen molar-refractivity contribution in [2.24, 2.45) is 5.92 Å². The standard InChI is InChI=1S/C17H17ClO2/c1-13(16(19)14-8-4-2-5-9-14)17(20,12-18)15-10-6-3-7-11-15/h2-11,13,20H,12H2,1H3/t13-,17+/m0/s1. The van der Waals surface area contributed by atoms with E-state index < -0.39 is 11.5 Å². The van der Waals surface area contributed by atoms with Crippen molar-refractivity contribution in [1.29, 1.82) is 0 Å². The maximum absolute atomic E-state index is 12.5. The fraction of sp³-hybridized carbons (Fsp3) is 0.235. The average Bonchev–Trinajstić information content (AvgIpc) is 2.54. The van der Waals surface area contributed by atoms with E-state index in [1.165, 1.54) is 0 Å². The Morgan fingerprint density at radius 3 is 2.10 bits per heavy atom. The Balaban J connectivity index is 2.34. The van der Waals surface area contributed by atoms with Crippen LogP contribution in [-0.2, 0) is 5.60 Å². The van der Waals surface area contributed by atoms with Crippen molar-refractivity contribution >= 4 is 17.4 Å². The summed E-state index contributed by atoms with van der Waals surface area (Å²) in [7, 11) is 0. The predicted octanol–water partition coefficient (Wildman–Crippen LogP) is 3.63. The van der Waals surface area contributed by atoms with E-state index in [4.69, 9.17) is 11.6 Å². The van der Waals surface area contributed by atoms with E-state index in [1.54, 1.807) is 31.2 Å². The fourth-order valence-electron chi connectivity index (χ4n) is 2.24. The summed E-state index contributed by atoms with van der Waals surface area (Å²) in [5.74, 6) is -0.765. The minimum Gasteiger partial charge on any atom is -0.383 e. The molecule has 2 rings (SSSR count). The van der Waals surface area contributed by atoms with Crippen molar-refractivity contribution < 1.29 is 9.90 Å². The molecular formula is C17H17ClO2. The van der Waals surface area contributed by atoms with Crippen molar-refractivity contribution in [3.8, 4) is 0 Å². The quantitative estimate of drug-likeness (QED) is 0.674. The largest absolute Gasteiger partial charge is 0.383 e. The number of alkyl halides is 1. The molecule has 1 N–H and O–H groups in total. The van der Waals surface area contributed by atoms with E-state index in [0.717, 1.165) is 0 Å². The number of halogens is 1. The maximum Gasteiger partial charge on any atom is 0.168 e. The molecular weight excluding hydrogens is 272 g/mol. The van der Waals surface area contributed by atoms with Crippen LogP contribution in [0, 0.1) is 5.92 Å². The zero-order valence-corrected chi connectivity index (χ0v) is 12.0. The number of carbonyl (C=O) groups excluding carboxylic acids is 1. The normalized spacial score (nSPS) is 15.3. The van der Waals surface area contributed by atoms with Crippen LogP contribution in [0.2, 0.25) is 0 Å². The minimum absolute atomic E-state index is 0.0310. The number of hydrogen-bond acceptors (Lipinski definition) is 2. The third-order valence-corrected chi connectivity index (χ3v) is 4.05. The highest BCUT2D eigenvalue weighted by atomic mass is 35.5. The molecule has 0 aliphatic carbocycles. The van der Waals surface area contributed by atoms with Gasteiger partial charge in [0.2, 0.25) is 0 Å². The van der Waals surface area contributed by atoms with Crippen LogP contribution in [0.5, 0.6) is 0 Å². The molecule has 104 valence electrons. The first-order valence-corrected chi connectivity index (χ1v) is 7.06. The van der Waals surface area contributed by atoms with Gasteiger partial charge in [-0.05, 0) is 5.56 Å². The Morgan fingerprint density at radius 2 is 1.60 bits per heavy atom. The van der Waals surface area contributed by atoms with Gasteiger partial charge in [-0.2, -0.15) is 0 Å². The molecule has 0 heterocycles. The van der Waals surface area contributed by atoms with Gasteiger partial charge >= 0.3 is 0 Å². The van der Waals surface area contributed by atoms with Gasteiger partial charge in [0.1, 0.15) is 5.60 Å². The molecule has 0 aromatic heterocycles. The Labute approximate surface area is 124 Å². The first-order valence-electron chi connectivity index (χ1n) is 6.52. The monoisotopic (exact) mass is 288 g/mol. The highest BCUT2D eigenvalue weighted by Gasteiger charge is 2.39. The second-order valence-electron chi connectivity index (χ2n) is 4.88. The van der Waals surface area contributed by atoms with E-state index in [-0.39, 0.29) is 11.7 Å². The van der Waals surface area contributed by atoms with E-state index in [2.05, 4.69) is 0 Å². The van der Waals surface area contributed by atoms with Gasteiger partial charge in [0.05, 0.1) is 11.8 Å². The van der Waals surface area contributed by atoms with E-state index in [1.807, 2.05) is 36.4 Å². The van der Waals surface area contributed by atoms with Crippen molar-refractivity contribution in [2.75, 3.05) is 5.88 Å². The summed E-state index contributed by atoms with van der Waals surface area (Å²) >= 11 is 5.97. The third kappa shape index (κ3) is 2.77. The van der Waals surface area contributed by atoms with E-state index in [9.17, 15) is 9.90 Å². The highest BCUT2D eigenvalue weighted by molar-refractivity contribution is 6.19. The van der Waals surface area contributed by atoms with Gasteiger partial charge in [0.25, 0.3) is 0 Å². The number of ketones is 1. The Bertz CT molecular complexity index is 568. The average molecular weight is 289 g/mol. The van der Waals surface area contributed by atoms with Gasteiger partial charge in [-0.1, -0.05) is 67.6 Å². The van der Waals surface area contributed by atoms with E-state index in [0.29, 0.717) is 11.1 Å². The topological polar surface area (TPSA) is 37.3 Å². The molecule has 0 radical (unpaired) electrons. The predicted molar refractivity (Wildman–Crippen MR) is 81.0 cm³/mol. The summed E-state index contributed by atoms with van der Waals surface area (Å²) in [5, 5.41) is 10.8. The fourth-order valence-corrected chi connectivity index (χ4v) is 2.62. The summed E-state index contributed by atoms with van der Waals surface area (Å²) in [4.78, 5) is 12.5. The first kappa shape index (κ1) is 14.8. The molecule has 20 heavy (non-hydrogen) atoms. The van der Waals surface area contributed by atoms with Crippen molar-refractivity contribution in [1.82, 2.24) is 0 Å². The Hall–Kier alpha value is -1.64. The molecule has 0 saturated heterocycles. The van der Waals surface area contributed by atoms with E-state index >= 15 is 0 Å². The number of benzene rings is 2. The van der Waals surface area contributed by atoms with Crippen LogP contribution in [0.15, 0.2) is 60.7 Å². The van der Waals surface area contributed by atoms with Gasteiger partial charge in [-0.3, -0.25) is 4.79 Å². The van der Waals surface area contributed by atoms with Crippen LogP contribution in [-0.4, -0.2) is 16.8 Å². The second-order valence-corrected chi connectivity index (χ2v) is 5.14. The van der Waals surface area contributed by atoms with Gasteiger partial charge < -0.3 is 5.11 Å². The van der Waals surface area contributed by atoms with Crippen LogP contribution in [0.3, 0.4) is 0 Å². The lowest BCUT2D eigenvalue weighted by Gasteiger charge is -2.32. The lowest BCUT2D eigenvalue weighted by atomic mass is 9.79. The van der Waals surface area contributed by atoms with Gasteiger partial charge in [-0.15, -0.1) is 11.6 Å². The molecule has 0 aliphatic heterocycles.